The molecule has 1 aliphatic rings. The normalized spacial score (nSPS) is 28.5. The Labute approximate surface area is 130 Å². The first-order chi connectivity index (χ1) is 9.91. The molecule has 1 rings (SSSR count). The van der Waals surface area contributed by atoms with Crippen LogP contribution in [-0.2, 0) is 4.79 Å². The molecule has 0 saturated heterocycles. The number of nitrogens with one attached hydrogen (secondary N) is 1. The summed E-state index contributed by atoms with van der Waals surface area (Å²) < 4.78 is 0. The van der Waals surface area contributed by atoms with Gasteiger partial charge in [-0.2, -0.15) is 0 Å². The third-order valence-corrected chi connectivity index (χ3v) is 5.68. The van der Waals surface area contributed by atoms with Crippen LogP contribution in [0, 0.1) is 17.3 Å². The maximum absolute atomic E-state index is 11.4. The lowest BCUT2D eigenvalue weighted by molar-refractivity contribution is -0.150. The van der Waals surface area contributed by atoms with Crippen LogP contribution < -0.4 is 5.32 Å². The Kier molecular flexibility index (Phi) is 7.72. The molecule has 0 aromatic carbocycles. The lowest BCUT2D eigenvalue weighted by atomic mass is 9.61. The molecule has 3 nitrogen and oxygen atoms in total. The van der Waals surface area contributed by atoms with E-state index in [1.165, 1.54) is 38.5 Å². The van der Waals surface area contributed by atoms with Crippen molar-refractivity contribution in [1.82, 2.24) is 5.32 Å². The highest BCUT2D eigenvalue weighted by molar-refractivity contribution is 5.71. The van der Waals surface area contributed by atoms with Crippen LogP contribution in [0.25, 0.3) is 0 Å². The molecule has 0 heterocycles. The van der Waals surface area contributed by atoms with Crippen molar-refractivity contribution in [3.05, 3.63) is 0 Å². The number of rotatable bonds is 9. The lowest BCUT2D eigenvalue weighted by Gasteiger charge is -2.46. The maximum atomic E-state index is 11.4. The number of hydrogen-bond acceptors (Lipinski definition) is 2. The average molecular weight is 297 g/mol. The molecule has 0 amide bonds. The monoisotopic (exact) mass is 297 g/mol. The highest BCUT2D eigenvalue weighted by Gasteiger charge is 2.45. The first-order valence-electron chi connectivity index (χ1n) is 8.87. The molecule has 21 heavy (non-hydrogen) atoms. The zero-order valence-electron chi connectivity index (χ0n) is 14.5. The molecule has 0 aromatic heterocycles. The molecule has 124 valence electrons. The highest BCUT2D eigenvalue weighted by Crippen LogP contribution is 2.45. The van der Waals surface area contributed by atoms with E-state index in [0.29, 0.717) is 12.0 Å². The molecule has 3 heteroatoms. The zero-order valence-corrected chi connectivity index (χ0v) is 14.5. The standard InChI is InChI=1S/C18H35NO2/c1-5-6-7-8-9-10-13-19-16-12-11-15(17(20)21)18(3,4)14(16)2/h14-16,19H,5-13H2,1-4H3,(H,20,21). The summed E-state index contributed by atoms with van der Waals surface area (Å²) in [5.74, 6) is -0.409. The molecule has 3 atom stereocenters. The van der Waals surface area contributed by atoms with Crippen molar-refractivity contribution in [3.8, 4) is 0 Å². The van der Waals surface area contributed by atoms with Crippen molar-refractivity contribution < 1.29 is 9.90 Å². The Morgan fingerprint density at radius 1 is 1.14 bits per heavy atom. The highest BCUT2D eigenvalue weighted by atomic mass is 16.4. The van der Waals surface area contributed by atoms with Crippen molar-refractivity contribution >= 4 is 5.97 Å². The van der Waals surface area contributed by atoms with Gasteiger partial charge in [0.25, 0.3) is 0 Å². The van der Waals surface area contributed by atoms with Crippen LogP contribution in [0.4, 0.5) is 0 Å². The molecule has 0 aliphatic heterocycles. The summed E-state index contributed by atoms with van der Waals surface area (Å²) in [6.07, 6.45) is 9.74. The van der Waals surface area contributed by atoms with E-state index in [-0.39, 0.29) is 11.3 Å². The quantitative estimate of drug-likeness (QED) is 0.618. The molecule has 1 fully saturated rings. The number of carboxylic acid groups (broad SMARTS) is 1. The lowest BCUT2D eigenvalue weighted by Crippen LogP contribution is -2.51. The van der Waals surface area contributed by atoms with E-state index in [0.717, 1.165) is 19.4 Å². The summed E-state index contributed by atoms with van der Waals surface area (Å²) in [5.41, 5.74) is -0.122. The second-order valence-electron chi connectivity index (χ2n) is 7.41. The van der Waals surface area contributed by atoms with Gasteiger partial charge < -0.3 is 10.4 Å². The fraction of sp³-hybridized carbons (Fsp3) is 0.944. The molecular formula is C18H35NO2. The van der Waals surface area contributed by atoms with Crippen LogP contribution in [-0.4, -0.2) is 23.7 Å². The molecule has 0 bridgehead atoms. The Morgan fingerprint density at radius 3 is 2.38 bits per heavy atom. The average Bonchev–Trinajstić information content (AvgIpc) is 2.41. The largest absolute Gasteiger partial charge is 0.481 e. The molecule has 0 aromatic rings. The SMILES string of the molecule is CCCCCCCCNC1CCC(C(=O)O)C(C)(C)C1C. The van der Waals surface area contributed by atoms with Gasteiger partial charge in [0.1, 0.15) is 0 Å². The number of unbranched alkanes of at least 4 members (excludes halogenated alkanes) is 5. The van der Waals surface area contributed by atoms with Crippen molar-refractivity contribution in [2.75, 3.05) is 6.54 Å². The third-order valence-electron chi connectivity index (χ3n) is 5.68. The predicted octanol–water partition coefficient (Wildman–Crippen LogP) is 4.46. The van der Waals surface area contributed by atoms with Gasteiger partial charge >= 0.3 is 5.97 Å². The van der Waals surface area contributed by atoms with Gasteiger partial charge in [-0.1, -0.05) is 59.8 Å². The molecule has 2 N–H and O–H groups in total. The minimum Gasteiger partial charge on any atom is -0.481 e. The van der Waals surface area contributed by atoms with E-state index < -0.39 is 5.97 Å². The molecule has 1 aliphatic carbocycles. The van der Waals surface area contributed by atoms with Gasteiger partial charge in [-0.15, -0.1) is 0 Å². The van der Waals surface area contributed by atoms with E-state index >= 15 is 0 Å². The van der Waals surface area contributed by atoms with E-state index in [1.54, 1.807) is 0 Å². The van der Waals surface area contributed by atoms with Gasteiger partial charge in [0, 0.05) is 6.04 Å². The fourth-order valence-electron chi connectivity index (χ4n) is 3.72. The van der Waals surface area contributed by atoms with E-state index in [4.69, 9.17) is 0 Å². The second kappa shape index (κ2) is 8.77. The van der Waals surface area contributed by atoms with Crippen molar-refractivity contribution in [2.45, 2.75) is 85.1 Å². The van der Waals surface area contributed by atoms with Gasteiger partial charge in [0.2, 0.25) is 0 Å². The van der Waals surface area contributed by atoms with E-state index in [2.05, 4.69) is 33.0 Å². The Bertz CT molecular complexity index is 314. The first kappa shape index (κ1) is 18.5. The molecule has 0 spiro atoms. The molecule has 3 unspecified atom stereocenters. The van der Waals surface area contributed by atoms with Crippen molar-refractivity contribution in [2.24, 2.45) is 17.3 Å². The predicted molar refractivity (Wildman–Crippen MR) is 88.5 cm³/mol. The van der Waals surface area contributed by atoms with Crippen LogP contribution in [0.1, 0.15) is 79.1 Å². The van der Waals surface area contributed by atoms with Crippen molar-refractivity contribution in [3.63, 3.8) is 0 Å². The van der Waals surface area contributed by atoms with Gasteiger partial charge in [-0.3, -0.25) is 4.79 Å². The summed E-state index contributed by atoms with van der Waals surface area (Å²) in [5, 5.41) is 13.1. The Morgan fingerprint density at radius 2 is 1.76 bits per heavy atom. The van der Waals surface area contributed by atoms with Gasteiger partial charge in [0.15, 0.2) is 0 Å². The maximum Gasteiger partial charge on any atom is 0.307 e. The number of carbonyl (C=O) groups is 1. The van der Waals surface area contributed by atoms with E-state index in [9.17, 15) is 9.90 Å². The van der Waals surface area contributed by atoms with Gasteiger partial charge in [-0.05, 0) is 37.1 Å². The van der Waals surface area contributed by atoms with Crippen LogP contribution in [0.3, 0.4) is 0 Å². The van der Waals surface area contributed by atoms with Crippen LogP contribution >= 0.6 is 0 Å². The van der Waals surface area contributed by atoms with Crippen LogP contribution in [0.2, 0.25) is 0 Å². The number of aliphatic carboxylic acids is 1. The molecular weight excluding hydrogens is 262 g/mol. The minimum atomic E-state index is -0.624. The third kappa shape index (κ3) is 5.28. The van der Waals surface area contributed by atoms with Crippen LogP contribution in [0.5, 0.6) is 0 Å². The Hall–Kier alpha value is -0.570. The van der Waals surface area contributed by atoms with Crippen LogP contribution in [0.15, 0.2) is 0 Å². The second-order valence-corrected chi connectivity index (χ2v) is 7.41. The van der Waals surface area contributed by atoms with Crippen molar-refractivity contribution in [1.29, 1.82) is 0 Å². The summed E-state index contributed by atoms with van der Waals surface area (Å²) in [7, 11) is 0. The Balaban J connectivity index is 2.29. The summed E-state index contributed by atoms with van der Waals surface area (Å²) in [6.45, 7) is 9.78. The smallest absolute Gasteiger partial charge is 0.307 e. The number of hydrogen-bond donors (Lipinski definition) is 2. The minimum absolute atomic E-state index is 0.122. The van der Waals surface area contributed by atoms with E-state index in [1.807, 2.05) is 0 Å². The zero-order chi connectivity index (χ0) is 15.9. The van der Waals surface area contributed by atoms with Gasteiger partial charge in [0.05, 0.1) is 5.92 Å². The summed E-state index contributed by atoms with van der Waals surface area (Å²) >= 11 is 0. The molecule has 0 radical (unpaired) electrons. The summed E-state index contributed by atoms with van der Waals surface area (Å²) in [4.78, 5) is 11.4. The summed E-state index contributed by atoms with van der Waals surface area (Å²) in [6, 6.07) is 0.478. The fourth-order valence-corrected chi connectivity index (χ4v) is 3.72. The van der Waals surface area contributed by atoms with Gasteiger partial charge in [-0.25, -0.2) is 0 Å². The molecule has 1 saturated carbocycles. The number of carboxylic acids is 1. The topological polar surface area (TPSA) is 49.3 Å². The first-order valence-corrected chi connectivity index (χ1v) is 8.87.